The summed E-state index contributed by atoms with van der Waals surface area (Å²) >= 11 is 6.15. The van der Waals surface area contributed by atoms with E-state index in [0.717, 1.165) is 24.0 Å². The van der Waals surface area contributed by atoms with E-state index in [2.05, 4.69) is 18.9 Å². The van der Waals surface area contributed by atoms with Crippen molar-refractivity contribution < 1.29 is 14.6 Å². The van der Waals surface area contributed by atoms with Crippen molar-refractivity contribution in [2.75, 3.05) is 11.6 Å². The standard InChI is InChI=1S/C20H21ClN2O4/c1-4-27-19(26)13-10-22-16(9-17(13)24)11-7-14(21)18(25)8-12(11)15-5-6-20(2,3)23(15)22/h7-10,15,25H,4-6H2,1-3H3/t15-/m1/s1. The molecule has 0 amide bonds. The minimum atomic E-state index is -0.624. The van der Waals surface area contributed by atoms with Gasteiger partial charge in [-0.05, 0) is 51.3 Å². The van der Waals surface area contributed by atoms with Crippen molar-refractivity contribution in [2.24, 2.45) is 0 Å². The molecule has 1 N–H and O–H groups in total. The first-order valence-electron chi connectivity index (χ1n) is 9.01. The molecule has 0 saturated carbocycles. The van der Waals surface area contributed by atoms with Gasteiger partial charge in [0.25, 0.3) is 0 Å². The molecule has 2 aliphatic heterocycles. The Bertz CT molecular complexity index is 1010. The van der Waals surface area contributed by atoms with Crippen molar-refractivity contribution in [2.45, 2.75) is 45.2 Å². The number of hydrogen-bond donors (Lipinski definition) is 1. The van der Waals surface area contributed by atoms with Crippen molar-refractivity contribution in [3.63, 3.8) is 0 Å². The number of esters is 1. The lowest BCUT2D eigenvalue weighted by molar-refractivity contribution is 0.0523. The molecule has 2 aliphatic rings. The van der Waals surface area contributed by atoms with Crippen LogP contribution in [-0.2, 0) is 4.74 Å². The highest BCUT2D eigenvalue weighted by atomic mass is 35.5. The minimum Gasteiger partial charge on any atom is -0.506 e. The summed E-state index contributed by atoms with van der Waals surface area (Å²) in [7, 11) is 0. The Hall–Kier alpha value is -2.47. The van der Waals surface area contributed by atoms with Crippen molar-refractivity contribution in [1.29, 1.82) is 0 Å². The van der Waals surface area contributed by atoms with Gasteiger partial charge in [-0.1, -0.05) is 11.6 Å². The van der Waals surface area contributed by atoms with E-state index in [1.165, 1.54) is 6.07 Å². The van der Waals surface area contributed by atoms with Gasteiger partial charge in [0.05, 0.1) is 28.9 Å². The minimum absolute atomic E-state index is 0.00961. The second-order valence-electron chi connectivity index (χ2n) is 7.60. The number of aromatic hydroxyl groups is 1. The fourth-order valence-corrected chi connectivity index (χ4v) is 4.38. The Morgan fingerprint density at radius 1 is 1.37 bits per heavy atom. The number of benzene rings is 1. The average Bonchev–Trinajstić information content (AvgIpc) is 2.92. The lowest BCUT2D eigenvalue weighted by atomic mass is 9.94. The van der Waals surface area contributed by atoms with E-state index in [9.17, 15) is 14.7 Å². The Balaban J connectivity index is 2.01. The highest BCUT2D eigenvalue weighted by Gasteiger charge is 2.45. The molecule has 6 nitrogen and oxygen atoms in total. The van der Waals surface area contributed by atoms with Crippen LogP contribution >= 0.6 is 11.6 Å². The molecular formula is C20H21ClN2O4. The molecule has 1 saturated heterocycles. The quantitative estimate of drug-likeness (QED) is 0.795. The number of phenols is 1. The Morgan fingerprint density at radius 3 is 2.81 bits per heavy atom. The highest BCUT2D eigenvalue weighted by Crippen LogP contribution is 2.49. The number of carbonyl (C=O) groups excluding carboxylic acids is 1. The first-order chi connectivity index (χ1) is 12.7. The van der Waals surface area contributed by atoms with Gasteiger partial charge in [-0.3, -0.25) is 14.5 Å². The van der Waals surface area contributed by atoms with Crippen molar-refractivity contribution in [3.05, 3.63) is 50.8 Å². The van der Waals surface area contributed by atoms with Gasteiger partial charge in [0, 0.05) is 17.8 Å². The molecule has 27 heavy (non-hydrogen) atoms. The molecule has 1 aromatic carbocycles. The van der Waals surface area contributed by atoms with Gasteiger partial charge in [-0.2, -0.15) is 0 Å². The van der Waals surface area contributed by atoms with Gasteiger partial charge in [-0.15, -0.1) is 0 Å². The number of fused-ring (bicyclic) bond motifs is 6. The second kappa shape index (κ2) is 6.02. The maximum atomic E-state index is 12.6. The maximum absolute atomic E-state index is 12.6. The van der Waals surface area contributed by atoms with Gasteiger partial charge >= 0.3 is 5.97 Å². The van der Waals surface area contributed by atoms with E-state index in [0.29, 0.717) is 5.69 Å². The van der Waals surface area contributed by atoms with Crippen LogP contribution in [0.1, 0.15) is 55.6 Å². The molecule has 4 rings (SSSR count). The number of aromatic nitrogens is 1. The molecule has 2 aromatic rings. The lowest BCUT2D eigenvalue weighted by Gasteiger charge is -2.44. The zero-order chi connectivity index (χ0) is 19.5. The number of ether oxygens (including phenoxy) is 1. The summed E-state index contributed by atoms with van der Waals surface area (Å²) in [5.41, 5.74) is 1.81. The number of pyridine rings is 1. The predicted octanol–water partition coefficient (Wildman–Crippen LogP) is 3.62. The molecule has 0 spiro atoms. The summed E-state index contributed by atoms with van der Waals surface area (Å²) in [6, 6.07) is 4.83. The first kappa shape index (κ1) is 17.9. The largest absolute Gasteiger partial charge is 0.506 e. The van der Waals surface area contributed by atoms with Crippen LogP contribution in [-0.4, -0.2) is 27.9 Å². The fourth-order valence-electron chi connectivity index (χ4n) is 4.22. The van der Waals surface area contributed by atoms with Crippen LogP contribution < -0.4 is 10.4 Å². The molecule has 0 radical (unpaired) electrons. The molecule has 0 unspecified atom stereocenters. The number of hydrogen-bond acceptors (Lipinski definition) is 5. The molecular weight excluding hydrogens is 368 g/mol. The van der Waals surface area contributed by atoms with Gasteiger partial charge in [0.2, 0.25) is 0 Å². The summed E-state index contributed by atoms with van der Waals surface area (Å²) in [5.74, 6) is -0.597. The Morgan fingerprint density at radius 2 is 2.11 bits per heavy atom. The van der Waals surface area contributed by atoms with Crippen molar-refractivity contribution >= 4 is 17.6 Å². The van der Waals surface area contributed by atoms with Gasteiger partial charge in [-0.25, -0.2) is 4.79 Å². The van der Waals surface area contributed by atoms with Gasteiger partial charge in [0.15, 0.2) is 5.43 Å². The summed E-state index contributed by atoms with van der Waals surface area (Å²) < 4.78 is 6.92. The van der Waals surface area contributed by atoms with E-state index >= 15 is 0 Å². The van der Waals surface area contributed by atoms with Crippen LogP contribution in [0.25, 0.3) is 11.3 Å². The topological polar surface area (TPSA) is 71.8 Å². The lowest BCUT2D eigenvalue weighted by Crippen LogP contribution is -2.50. The van der Waals surface area contributed by atoms with E-state index in [-0.39, 0.29) is 34.5 Å². The van der Waals surface area contributed by atoms with Crippen molar-refractivity contribution in [1.82, 2.24) is 4.68 Å². The monoisotopic (exact) mass is 388 g/mol. The molecule has 1 fully saturated rings. The summed E-state index contributed by atoms with van der Waals surface area (Å²) in [5, 5.41) is 12.5. The average molecular weight is 389 g/mol. The van der Waals surface area contributed by atoms with Crippen LogP contribution in [0.4, 0.5) is 0 Å². The van der Waals surface area contributed by atoms with E-state index in [1.54, 1.807) is 25.3 Å². The van der Waals surface area contributed by atoms with Gasteiger partial charge in [0.1, 0.15) is 11.3 Å². The summed E-state index contributed by atoms with van der Waals surface area (Å²) in [4.78, 5) is 24.8. The smallest absolute Gasteiger partial charge is 0.343 e. The SMILES string of the molecule is CCOC(=O)c1cn2c(cc1=O)-c1cc(Cl)c(O)cc1[C@H]1CCC(C)(C)N12. The van der Waals surface area contributed by atoms with E-state index < -0.39 is 11.4 Å². The summed E-state index contributed by atoms with van der Waals surface area (Å²) in [6.45, 7) is 6.16. The molecule has 1 aromatic heterocycles. The second-order valence-corrected chi connectivity index (χ2v) is 8.01. The number of nitrogens with zero attached hydrogens (tertiary/aromatic N) is 2. The third kappa shape index (κ3) is 2.62. The third-order valence-corrected chi connectivity index (χ3v) is 5.76. The molecule has 0 aliphatic carbocycles. The zero-order valence-corrected chi connectivity index (χ0v) is 16.2. The Labute approximate surface area is 161 Å². The van der Waals surface area contributed by atoms with Crippen LogP contribution in [0.3, 0.4) is 0 Å². The van der Waals surface area contributed by atoms with Crippen molar-refractivity contribution in [3.8, 4) is 17.0 Å². The van der Waals surface area contributed by atoms with E-state index in [1.807, 2.05) is 4.68 Å². The van der Waals surface area contributed by atoms with Crippen LogP contribution in [0.15, 0.2) is 29.2 Å². The van der Waals surface area contributed by atoms with Crippen LogP contribution in [0.5, 0.6) is 5.75 Å². The number of carbonyl (C=O) groups is 1. The fraction of sp³-hybridized carbons (Fsp3) is 0.400. The normalized spacial score (nSPS) is 19.3. The third-order valence-electron chi connectivity index (χ3n) is 5.46. The Kier molecular flexibility index (Phi) is 4.00. The predicted molar refractivity (Wildman–Crippen MR) is 103 cm³/mol. The molecule has 0 bridgehead atoms. The van der Waals surface area contributed by atoms with Gasteiger partial charge < -0.3 is 9.84 Å². The zero-order valence-electron chi connectivity index (χ0n) is 15.5. The molecule has 142 valence electrons. The molecule has 7 heteroatoms. The van der Waals surface area contributed by atoms with Crippen LogP contribution in [0.2, 0.25) is 5.02 Å². The maximum Gasteiger partial charge on any atom is 0.343 e. The highest BCUT2D eigenvalue weighted by molar-refractivity contribution is 6.32. The molecule has 1 atom stereocenters. The van der Waals surface area contributed by atoms with E-state index in [4.69, 9.17) is 16.3 Å². The first-order valence-corrected chi connectivity index (χ1v) is 9.38. The summed E-state index contributed by atoms with van der Waals surface area (Å²) in [6.07, 6.45) is 3.39. The number of rotatable bonds is 2. The number of phenolic OH excluding ortho intramolecular Hbond substituents is 1. The van der Waals surface area contributed by atoms with Crippen LogP contribution in [0, 0.1) is 0 Å². The number of halogens is 1. The molecule has 3 heterocycles.